The van der Waals surface area contributed by atoms with Crippen LogP contribution in [0.5, 0.6) is 11.6 Å². The molecule has 1 aromatic rings. The van der Waals surface area contributed by atoms with Crippen LogP contribution in [-0.4, -0.2) is 67.1 Å². The van der Waals surface area contributed by atoms with Gasteiger partial charge in [-0.25, -0.2) is 4.98 Å². The average Bonchev–Trinajstić information content (AvgIpc) is 2.59. The largest absolute Gasteiger partial charge is 0.489 e. The van der Waals surface area contributed by atoms with Crippen LogP contribution in [0.25, 0.3) is 0 Å². The first kappa shape index (κ1) is 22.3. The Morgan fingerprint density at radius 3 is 2.45 bits per heavy atom. The van der Waals surface area contributed by atoms with Crippen LogP contribution >= 0.6 is 0 Å². The van der Waals surface area contributed by atoms with Gasteiger partial charge in [-0.1, -0.05) is 6.92 Å². The first-order chi connectivity index (χ1) is 13.9. The minimum absolute atomic E-state index is 0.145. The molecule has 0 spiro atoms. The van der Waals surface area contributed by atoms with Crippen molar-refractivity contribution in [2.75, 3.05) is 26.7 Å². The minimum Gasteiger partial charge on any atom is -0.489 e. The second kappa shape index (κ2) is 10.6. The lowest BCUT2D eigenvalue weighted by Gasteiger charge is -2.36. The summed E-state index contributed by atoms with van der Waals surface area (Å²) in [6.45, 7) is 11.3. The fraction of sp³-hybridized carbons (Fsp3) is 0.783. The Hall–Kier alpha value is -1.37. The minimum atomic E-state index is 0.145. The van der Waals surface area contributed by atoms with Gasteiger partial charge in [0.25, 0.3) is 0 Å². The summed E-state index contributed by atoms with van der Waals surface area (Å²) in [5.74, 6) is 2.02. The van der Waals surface area contributed by atoms with E-state index in [0.29, 0.717) is 30.1 Å². The molecule has 1 aliphatic heterocycles. The molecule has 1 aliphatic carbocycles. The van der Waals surface area contributed by atoms with Gasteiger partial charge in [0.05, 0.1) is 30.6 Å². The van der Waals surface area contributed by atoms with E-state index < -0.39 is 0 Å². The Bertz CT molecular complexity index is 597. The van der Waals surface area contributed by atoms with Crippen molar-refractivity contribution >= 4 is 0 Å². The molecular formula is C23H38N2O4. The second-order valence-electron chi connectivity index (χ2n) is 9.12. The molecule has 6 heteroatoms. The van der Waals surface area contributed by atoms with Crippen LogP contribution in [0.2, 0.25) is 0 Å². The maximum Gasteiger partial charge on any atom is 0.213 e. The summed E-state index contributed by atoms with van der Waals surface area (Å²) in [4.78, 5) is 6.59. The van der Waals surface area contributed by atoms with Crippen molar-refractivity contribution in [1.82, 2.24) is 9.88 Å². The van der Waals surface area contributed by atoms with Gasteiger partial charge in [-0.15, -0.1) is 0 Å². The molecule has 0 amide bonds. The molecule has 2 atom stereocenters. The van der Waals surface area contributed by atoms with Gasteiger partial charge < -0.3 is 18.9 Å². The third-order valence-corrected chi connectivity index (χ3v) is 5.58. The van der Waals surface area contributed by atoms with E-state index in [-0.39, 0.29) is 12.2 Å². The molecule has 1 saturated heterocycles. The Labute approximate surface area is 175 Å². The van der Waals surface area contributed by atoms with Crippen molar-refractivity contribution in [1.29, 1.82) is 0 Å². The van der Waals surface area contributed by atoms with Gasteiger partial charge in [-0.3, -0.25) is 4.90 Å². The van der Waals surface area contributed by atoms with Crippen molar-refractivity contribution in [3.8, 4) is 11.6 Å². The number of likely N-dealkylation sites (tertiary alicyclic amines) is 1. The molecule has 2 aliphatic rings. The fourth-order valence-corrected chi connectivity index (χ4v) is 3.94. The van der Waals surface area contributed by atoms with E-state index in [1.807, 2.05) is 12.1 Å². The fourth-order valence-electron chi connectivity index (χ4n) is 3.94. The highest BCUT2D eigenvalue weighted by atomic mass is 16.5. The summed E-state index contributed by atoms with van der Waals surface area (Å²) >= 11 is 0. The summed E-state index contributed by atoms with van der Waals surface area (Å²) in [5, 5.41) is 0. The molecule has 0 bridgehead atoms. The predicted octanol–water partition coefficient (Wildman–Crippen LogP) is 3.93. The number of likely N-dealkylation sites (N-methyl/N-ethyl adjacent to an activating group) is 1. The molecule has 0 radical (unpaired) electrons. The van der Waals surface area contributed by atoms with Crippen LogP contribution < -0.4 is 9.47 Å². The molecule has 2 heterocycles. The molecule has 1 aromatic heterocycles. The average molecular weight is 407 g/mol. The second-order valence-corrected chi connectivity index (χ2v) is 9.12. The number of hydrogen-bond donors (Lipinski definition) is 0. The van der Waals surface area contributed by atoms with Crippen molar-refractivity contribution in [3.63, 3.8) is 0 Å². The van der Waals surface area contributed by atoms with E-state index >= 15 is 0 Å². The zero-order chi connectivity index (χ0) is 20.8. The van der Waals surface area contributed by atoms with Crippen LogP contribution in [0.15, 0.2) is 18.3 Å². The quantitative estimate of drug-likeness (QED) is 0.524. The van der Waals surface area contributed by atoms with Gasteiger partial charge in [0.2, 0.25) is 5.88 Å². The van der Waals surface area contributed by atoms with Crippen molar-refractivity contribution in [3.05, 3.63) is 18.3 Å². The highest BCUT2D eigenvalue weighted by molar-refractivity contribution is 5.23. The van der Waals surface area contributed by atoms with E-state index in [0.717, 1.165) is 51.1 Å². The van der Waals surface area contributed by atoms with Gasteiger partial charge in [-0.2, -0.15) is 0 Å². The number of ether oxygens (including phenoxy) is 4. The van der Waals surface area contributed by atoms with Gasteiger partial charge in [-0.05, 0) is 65.5 Å². The van der Waals surface area contributed by atoms with Gasteiger partial charge in [0.1, 0.15) is 11.9 Å². The Morgan fingerprint density at radius 2 is 1.83 bits per heavy atom. The third-order valence-electron chi connectivity index (χ3n) is 5.58. The first-order valence-corrected chi connectivity index (χ1v) is 11.1. The maximum atomic E-state index is 6.03. The van der Waals surface area contributed by atoms with Crippen molar-refractivity contribution in [2.24, 2.45) is 5.92 Å². The van der Waals surface area contributed by atoms with Crippen LogP contribution in [0.1, 0.15) is 53.4 Å². The van der Waals surface area contributed by atoms with Crippen LogP contribution in [0.3, 0.4) is 0 Å². The first-order valence-electron chi connectivity index (χ1n) is 11.1. The van der Waals surface area contributed by atoms with E-state index in [1.165, 1.54) is 0 Å². The lowest BCUT2D eigenvalue weighted by molar-refractivity contribution is -0.119. The third kappa shape index (κ3) is 7.43. The molecular weight excluding hydrogens is 368 g/mol. The maximum absolute atomic E-state index is 6.03. The monoisotopic (exact) mass is 406 g/mol. The lowest BCUT2D eigenvalue weighted by atomic mass is 9.91. The molecule has 164 valence electrons. The number of hydrogen-bond acceptors (Lipinski definition) is 6. The van der Waals surface area contributed by atoms with E-state index in [4.69, 9.17) is 18.9 Å². The number of nitrogens with zero attached hydrogens (tertiary/aromatic N) is 2. The summed E-state index contributed by atoms with van der Waals surface area (Å²) < 4.78 is 23.6. The smallest absolute Gasteiger partial charge is 0.213 e. The Morgan fingerprint density at radius 1 is 1.07 bits per heavy atom. The number of aromatic nitrogens is 1. The lowest BCUT2D eigenvalue weighted by Crippen LogP contribution is -2.51. The highest BCUT2D eigenvalue weighted by Gasteiger charge is 2.31. The molecule has 1 saturated carbocycles. The number of pyridine rings is 1. The normalized spacial score (nSPS) is 24.6. The zero-order valence-corrected chi connectivity index (χ0v) is 18.7. The van der Waals surface area contributed by atoms with E-state index in [2.05, 4.69) is 44.6 Å². The molecule has 29 heavy (non-hydrogen) atoms. The summed E-state index contributed by atoms with van der Waals surface area (Å²) in [6.07, 6.45) is 7.38. The van der Waals surface area contributed by atoms with E-state index in [9.17, 15) is 0 Å². The van der Waals surface area contributed by atoms with Crippen molar-refractivity contribution in [2.45, 2.75) is 83.9 Å². The summed E-state index contributed by atoms with van der Waals surface area (Å²) in [7, 11) is 2.09. The SMILES string of the molecule is CC(CCOC1CC(OC(C)C)C1)CC(C)Oc1ccc(OC2CN(C)C2)nc1. The molecule has 2 unspecified atom stereocenters. The Balaban J connectivity index is 1.26. The summed E-state index contributed by atoms with van der Waals surface area (Å²) in [6, 6.07) is 3.84. The molecule has 3 rings (SSSR count). The molecule has 0 N–H and O–H groups in total. The zero-order valence-electron chi connectivity index (χ0n) is 18.7. The van der Waals surface area contributed by atoms with Crippen molar-refractivity contribution < 1.29 is 18.9 Å². The van der Waals surface area contributed by atoms with Crippen LogP contribution in [0, 0.1) is 5.92 Å². The number of rotatable bonds is 12. The van der Waals surface area contributed by atoms with Crippen LogP contribution in [0.4, 0.5) is 0 Å². The standard InChI is InChI=1S/C23H38N2O4/c1-16(2)27-21-11-20(12-21)26-9-8-17(3)10-18(4)28-19-6-7-23(24-13-19)29-22-14-25(5)15-22/h6-7,13,16-18,20-22H,8-12,14-15H2,1-5H3. The highest BCUT2D eigenvalue weighted by Crippen LogP contribution is 2.28. The van der Waals surface area contributed by atoms with Gasteiger partial charge in [0, 0.05) is 25.8 Å². The van der Waals surface area contributed by atoms with Gasteiger partial charge in [0.15, 0.2) is 0 Å². The Kier molecular flexibility index (Phi) is 8.16. The predicted molar refractivity (Wildman–Crippen MR) is 114 cm³/mol. The topological polar surface area (TPSA) is 53.1 Å². The summed E-state index contributed by atoms with van der Waals surface area (Å²) in [5.41, 5.74) is 0. The van der Waals surface area contributed by atoms with Gasteiger partial charge >= 0.3 is 0 Å². The molecule has 0 aromatic carbocycles. The molecule has 6 nitrogen and oxygen atoms in total. The molecule has 2 fully saturated rings. The van der Waals surface area contributed by atoms with E-state index in [1.54, 1.807) is 6.20 Å². The van der Waals surface area contributed by atoms with Crippen LogP contribution in [-0.2, 0) is 9.47 Å².